The van der Waals surface area contributed by atoms with Gasteiger partial charge in [-0.1, -0.05) is 0 Å². The molecule has 0 N–H and O–H groups in total. The largest absolute Gasteiger partial charge is 0.494 e. The second-order valence-electron chi connectivity index (χ2n) is 3.14. The van der Waals surface area contributed by atoms with Gasteiger partial charge in [0.05, 0.1) is 11.1 Å². The minimum Gasteiger partial charge on any atom is -0.494 e. The zero-order valence-corrected chi connectivity index (χ0v) is 9.74. The quantitative estimate of drug-likeness (QED) is 0.595. The first-order valence-electron chi connectivity index (χ1n) is 4.53. The molecule has 0 heterocycles. The highest BCUT2D eigenvalue weighted by molar-refractivity contribution is 9.10. The highest BCUT2D eigenvalue weighted by Crippen LogP contribution is 2.23. The van der Waals surface area contributed by atoms with Crippen molar-refractivity contribution in [3.05, 3.63) is 28.5 Å². The van der Waals surface area contributed by atoms with Crippen molar-refractivity contribution in [2.45, 2.75) is 19.0 Å². The molecule has 0 saturated carbocycles. The Morgan fingerprint density at radius 3 is 2.50 bits per heavy atom. The fourth-order valence-electron chi connectivity index (χ4n) is 1.03. The molecule has 0 saturated heterocycles. The lowest BCUT2D eigenvalue weighted by Crippen LogP contribution is -2.09. The maximum absolute atomic E-state index is 12.8. The van der Waals surface area contributed by atoms with Crippen LogP contribution in [0.25, 0.3) is 0 Å². The number of hydrogen-bond acceptors (Lipinski definition) is 1. The van der Waals surface area contributed by atoms with Crippen molar-refractivity contribution in [3.63, 3.8) is 0 Å². The van der Waals surface area contributed by atoms with E-state index in [1.807, 2.05) is 0 Å². The van der Waals surface area contributed by atoms with Gasteiger partial charge in [-0.3, -0.25) is 0 Å². The van der Waals surface area contributed by atoms with Crippen molar-refractivity contribution in [3.8, 4) is 5.75 Å². The molecule has 0 aliphatic carbocycles. The molecule has 1 nitrogen and oxygen atoms in total. The van der Waals surface area contributed by atoms with Crippen LogP contribution in [0.2, 0.25) is 0 Å². The summed E-state index contributed by atoms with van der Waals surface area (Å²) in [7, 11) is 0. The Balaban J connectivity index is 2.35. The van der Waals surface area contributed by atoms with Crippen LogP contribution in [0.1, 0.15) is 12.8 Å². The van der Waals surface area contributed by atoms with Gasteiger partial charge in [-0.25, -0.2) is 4.39 Å². The lowest BCUT2D eigenvalue weighted by Gasteiger charge is -2.08. The van der Waals surface area contributed by atoms with Crippen molar-refractivity contribution in [1.82, 2.24) is 0 Å². The summed E-state index contributed by atoms with van der Waals surface area (Å²) in [5, 5.41) is 0. The van der Waals surface area contributed by atoms with Gasteiger partial charge >= 0.3 is 6.18 Å². The lowest BCUT2D eigenvalue weighted by atomic mass is 10.3. The summed E-state index contributed by atoms with van der Waals surface area (Å²) in [6, 6.07) is 3.93. The van der Waals surface area contributed by atoms with Crippen LogP contribution in [0.4, 0.5) is 17.6 Å². The summed E-state index contributed by atoms with van der Waals surface area (Å²) < 4.78 is 53.4. The fourth-order valence-corrected chi connectivity index (χ4v) is 1.39. The Labute approximate surface area is 98.5 Å². The van der Waals surface area contributed by atoms with E-state index in [1.165, 1.54) is 18.2 Å². The summed E-state index contributed by atoms with van der Waals surface area (Å²) in [5.74, 6) is -0.0990. The molecule has 0 amide bonds. The zero-order chi connectivity index (χ0) is 12.2. The van der Waals surface area contributed by atoms with Crippen molar-refractivity contribution >= 4 is 15.9 Å². The van der Waals surface area contributed by atoms with Crippen LogP contribution in [0.5, 0.6) is 5.75 Å². The molecule has 1 rings (SSSR count). The van der Waals surface area contributed by atoms with Crippen LogP contribution in [0.15, 0.2) is 22.7 Å². The van der Waals surface area contributed by atoms with E-state index >= 15 is 0 Å². The van der Waals surface area contributed by atoms with Crippen LogP contribution in [0, 0.1) is 5.82 Å². The van der Waals surface area contributed by atoms with Gasteiger partial charge in [-0.2, -0.15) is 13.2 Å². The number of rotatable bonds is 4. The van der Waals surface area contributed by atoms with Crippen LogP contribution >= 0.6 is 15.9 Å². The third-order valence-corrected chi connectivity index (χ3v) is 2.37. The maximum atomic E-state index is 12.8. The van der Waals surface area contributed by atoms with Gasteiger partial charge in [0.25, 0.3) is 0 Å². The molecule has 0 spiro atoms. The Bertz CT molecular complexity index is 351. The van der Waals surface area contributed by atoms with Crippen molar-refractivity contribution < 1.29 is 22.3 Å². The van der Waals surface area contributed by atoms with Crippen molar-refractivity contribution in [2.24, 2.45) is 0 Å². The molecule has 0 aromatic heterocycles. The zero-order valence-electron chi connectivity index (χ0n) is 8.15. The SMILES string of the molecule is Fc1ccc(OCCCC(F)(F)F)cc1Br. The van der Waals surface area contributed by atoms with E-state index < -0.39 is 18.4 Å². The summed E-state index contributed by atoms with van der Waals surface area (Å²) in [6.07, 6.45) is -5.15. The van der Waals surface area contributed by atoms with Gasteiger partial charge in [0.1, 0.15) is 11.6 Å². The van der Waals surface area contributed by atoms with Gasteiger partial charge in [0.15, 0.2) is 0 Å². The summed E-state index contributed by atoms with van der Waals surface area (Å²) in [4.78, 5) is 0. The van der Waals surface area contributed by atoms with Gasteiger partial charge < -0.3 is 4.74 Å². The molecule has 0 fully saturated rings. The molecule has 16 heavy (non-hydrogen) atoms. The molecule has 90 valence electrons. The molecule has 6 heteroatoms. The number of hydrogen-bond donors (Lipinski definition) is 0. The molecule has 0 atom stereocenters. The predicted octanol–water partition coefficient (Wildman–Crippen LogP) is 4.31. The Morgan fingerprint density at radius 2 is 1.94 bits per heavy atom. The number of halogens is 5. The van der Waals surface area contributed by atoms with Crippen LogP contribution in [-0.4, -0.2) is 12.8 Å². The van der Waals surface area contributed by atoms with E-state index in [0.717, 1.165) is 0 Å². The standard InChI is InChI=1S/C10H9BrF4O/c11-8-6-7(2-3-9(8)12)16-5-1-4-10(13,14)15/h2-3,6H,1,4-5H2. The molecule has 0 bridgehead atoms. The normalized spacial score (nSPS) is 11.6. The maximum Gasteiger partial charge on any atom is 0.389 e. The molecular formula is C10H9BrF4O. The third kappa shape index (κ3) is 4.83. The van der Waals surface area contributed by atoms with Crippen molar-refractivity contribution in [1.29, 1.82) is 0 Å². The topological polar surface area (TPSA) is 9.23 Å². The van der Waals surface area contributed by atoms with Crippen molar-refractivity contribution in [2.75, 3.05) is 6.61 Å². The first kappa shape index (κ1) is 13.3. The first-order chi connectivity index (χ1) is 7.38. The Morgan fingerprint density at radius 1 is 1.25 bits per heavy atom. The number of ether oxygens (including phenoxy) is 1. The molecular weight excluding hydrogens is 292 g/mol. The van der Waals surface area contributed by atoms with E-state index in [9.17, 15) is 17.6 Å². The predicted molar refractivity (Wildman–Crippen MR) is 54.9 cm³/mol. The minimum absolute atomic E-state index is 0.0441. The number of benzene rings is 1. The van der Waals surface area contributed by atoms with E-state index in [-0.39, 0.29) is 17.5 Å². The molecule has 1 aromatic rings. The Kier molecular flexibility index (Phi) is 4.58. The molecule has 0 radical (unpaired) electrons. The van der Waals surface area contributed by atoms with Gasteiger partial charge in [-0.05, 0) is 40.5 Å². The highest BCUT2D eigenvalue weighted by Gasteiger charge is 2.26. The van der Waals surface area contributed by atoms with Gasteiger partial charge in [0, 0.05) is 6.42 Å². The summed E-state index contributed by atoms with van der Waals surface area (Å²) in [6.45, 7) is -0.0441. The minimum atomic E-state index is -4.16. The monoisotopic (exact) mass is 300 g/mol. The van der Waals surface area contributed by atoms with E-state index in [2.05, 4.69) is 15.9 Å². The van der Waals surface area contributed by atoms with E-state index in [1.54, 1.807) is 0 Å². The third-order valence-electron chi connectivity index (χ3n) is 1.76. The smallest absolute Gasteiger partial charge is 0.389 e. The van der Waals surface area contributed by atoms with E-state index in [0.29, 0.717) is 5.75 Å². The molecule has 0 aliphatic rings. The summed E-state index contributed by atoms with van der Waals surface area (Å²) in [5.41, 5.74) is 0. The van der Waals surface area contributed by atoms with Crippen LogP contribution < -0.4 is 4.74 Å². The molecule has 1 aromatic carbocycles. The molecule has 0 unspecified atom stereocenters. The second kappa shape index (κ2) is 5.52. The first-order valence-corrected chi connectivity index (χ1v) is 5.32. The lowest BCUT2D eigenvalue weighted by molar-refractivity contribution is -0.136. The average molecular weight is 301 g/mol. The average Bonchev–Trinajstić information content (AvgIpc) is 2.17. The van der Waals surface area contributed by atoms with Crippen LogP contribution in [-0.2, 0) is 0 Å². The highest BCUT2D eigenvalue weighted by atomic mass is 79.9. The Hall–Kier alpha value is -0.780. The fraction of sp³-hybridized carbons (Fsp3) is 0.400. The van der Waals surface area contributed by atoms with E-state index in [4.69, 9.17) is 4.74 Å². The van der Waals surface area contributed by atoms with Gasteiger partial charge in [0.2, 0.25) is 0 Å². The second-order valence-corrected chi connectivity index (χ2v) is 4.00. The van der Waals surface area contributed by atoms with Crippen LogP contribution in [0.3, 0.4) is 0 Å². The molecule has 0 aliphatic heterocycles. The number of alkyl halides is 3. The summed E-state index contributed by atoms with van der Waals surface area (Å²) >= 11 is 2.95. The van der Waals surface area contributed by atoms with Gasteiger partial charge in [-0.15, -0.1) is 0 Å².